The first-order chi connectivity index (χ1) is 4.79. The first-order valence-corrected chi connectivity index (χ1v) is 3.02. The second kappa shape index (κ2) is 4.44. The van der Waals surface area contributed by atoms with Crippen LogP contribution in [0.5, 0.6) is 5.75 Å². The van der Waals surface area contributed by atoms with Crippen molar-refractivity contribution in [3.8, 4) is 5.75 Å². The summed E-state index contributed by atoms with van der Waals surface area (Å²) in [5.41, 5.74) is 0. The van der Waals surface area contributed by atoms with Crippen molar-refractivity contribution < 1.29 is 14.2 Å². The fourth-order valence-corrected chi connectivity index (χ4v) is 0.655. The lowest BCUT2D eigenvalue weighted by molar-refractivity contribution is -0.131. The fraction of sp³-hybridized carbons (Fsp3) is 0.125. The Morgan fingerprint density at radius 1 is 1.27 bits per heavy atom. The molecule has 0 radical (unpaired) electrons. The van der Waals surface area contributed by atoms with Crippen LogP contribution in [0.4, 0.5) is 4.70 Å². The molecular weight excluding hydrogens is 147 g/mol. The van der Waals surface area contributed by atoms with Crippen molar-refractivity contribution in [1.29, 1.82) is 0 Å². The quantitative estimate of drug-likeness (QED) is 0.457. The van der Waals surface area contributed by atoms with Crippen molar-refractivity contribution in [1.82, 2.24) is 0 Å². The van der Waals surface area contributed by atoms with E-state index in [-0.39, 0.29) is 10.7 Å². The van der Waals surface area contributed by atoms with Gasteiger partial charge in [0, 0.05) is 6.92 Å². The molecule has 0 spiro atoms. The fourth-order valence-electron chi connectivity index (χ4n) is 0.655. The van der Waals surface area contributed by atoms with Crippen molar-refractivity contribution >= 4 is 5.97 Å². The van der Waals surface area contributed by atoms with E-state index in [0.29, 0.717) is 5.75 Å². The zero-order valence-electron chi connectivity index (χ0n) is 6.11. The summed E-state index contributed by atoms with van der Waals surface area (Å²) >= 11 is 0. The van der Waals surface area contributed by atoms with Gasteiger partial charge in [-0.2, -0.15) is 0 Å². The number of hydrogen-bond acceptors (Lipinski definition) is 2. The number of ether oxygens (including phenoxy) is 1. The van der Waals surface area contributed by atoms with Gasteiger partial charge in [0.1, 0.15) is 5.75 Å². The first-order valence-electron chi connectivity index (χ1n) is 3.02. The number of hydrogen-bond donors (Lipinski definition) is 0. The zero-order chi connectivity index (χ0) is 7.40. The number of benzene rings is 1. The lowest BCUT2D eigenvalue weighted by Crippen LogP contribution is -2.00. The molecular formula is C8H9FO2. The summed E-state index contributed by atoms with van der Waals surface area (Å²) in [6.07, 6.45) is 0. The summed E-state index contributed by atoms with van der Waals surface area (Å²) in [6, 6.07) is 8.98. The molecule has 0 saturated carbocycles. The molecule has 2 nitrogen and oxygen atoms in total. The largest absolute Gasteiger partial charge is 0.427 e. The third-order valence-corrected chi connectivity index (χ3v) is 1.00. The highest BCUT2D eigenvalue weighted by molar-refractivity contribution is 5.69. The molecule has 0 aromatic heterocycles. The minimum Gasteiger partial charge on any atom is -0.427 e. The highest BCUT2D eigenvalue weighted by atomic mass is 19.0. The van der Waals surface area contributed by atoms with E-state index in [1.165, 1.54) is 6.92 Å². The van der Waals surface area contributed by atoms with Gasteiger partial charge in [-0.25, -0.2) is 0 Å². The molecule has 1 rings (SSSR count). The predicted molar refractivity (Wildman–Crippen MR) is 40.3 cm³/mol. The molecule has 0 atom stereocenters. The Kier molecular flexibility index (Phi) is 3.88. The molecule has 0 bridgehead atoms. The third-order valence-electron chi connectivity index (χ3n) is 1.00. The van der Waals surface area contributed by atoms with Crippen molar-refractivity contribution in [2.75, 3.05) is 0 Å². The standard InChI is InChI=1S/C8H8O2.FH/c1-7(9)10-8-5-3-2-4-6-8;/h2-6H,1H3;1H. The third kappa shape index (κ3) is 3.35. The molecule has 0 fully saturated rings. The monoisotopic (exact) mass is 156 g/mol. The summed E-state index contributed by atoms with van der Waals surface area (Å²) in [7, 11) is 0. The first kappa shape index (κ1) is 9.62. The van der Waals surface area contributed by atoms with Crippen molar-refractivity contribution in [2.45, 2.75) is 6.92 Å². The van der Waals surface area contributed by atoms with Crippen LogP contribution in [0.15, 0.2) is 30.3 Å². The van der Waals surface area contributed by atoms with E-state index in [0.717, 1.165) is 0 Å². The van der Waals surface area contributed by atoms with Crippen LogP contribution in [0.3, 0.4) is 0 Å². The van der Waals surface area contributed by atoms with Crippen LogP contribution >= 0.6 is 0 Å². The van der Waals surface area contributed by atoms with E-state index >= 15 is 0 Å². The van der Waals surface area contributed by atoms with Gasteiger partial charge in [0.2, 0.25) is 0 Å². The SMILES string of the molecule is CC(=O)Oc1ccccc1.F. The summed E-state index contributed by atoms with van der Waals surface area (Å²) < 4.78 is 4.78. The number of carbonyl (C=O) groups excluding carboxylic acids is 1. The molecule has 0 unspecified atom stereocenters. The molecule has 0 aliphatic rings. The van der Waals surface area contributed by atoms with Crippen LogP contribution in [0, 0.1) is 0 Å². The van der Waals surface area contributed by atoms with E-state index in [4.69, 9.17) is 4.74 Å². The maximum Gasteiger partial charge on any atom is 0.308 e. The maximum absolute atomic E-state index is 10.4. The molecule has 1 aromatic carbocycles. The molecule has 0 heterocycles. The van der Waals surface area contributed by atoms with E-state index in [9.17, 15) is 4.79 Å². The number of para-hydroxylation sites is 1. The average molecular weight is 156 g/mol. The Balaban J connectivity index is 0.000001000. The van der Waals surface area contributed by atoms with Gasteiger partial charge >= 0.3 is 5.97 Å². The molecule has 0 N–H and O–H groups in total. The lowest BCUT2D eigenvalue weighted by Gasteiger charge is -1.97. The Hall–Kier alpha value is -1.38. The minimum absolute atomic E-state index is 0. The molecule has 0 aliphatic heterocycles. The van der Waals surface area contributed by atoms with Crippen LogP contribution in [0.25, 0.3) is 0 Å². The summed E-state index contributed by atoms with van der Waals surface area (Å²) in [5.74, 6) is 0.307. The van der Waals surface area contributed by atoms with Crippen LogP contribution < -0.4 is 4.74 Å². The molecule has 60 valence electrons. The normalized spacial score (nSPS) is 8.09. The smallest absolute Gasteiger partial charge is 0.308 e. The zero-order valence-corrected chi connectivity index (χ0v) is 6.11. The summed E-state index contributed by atoms with van der Waals surface area (Å²) in [4.78, 5) is 10.4. The summed E-state index contributed by atoms with van der Waals surface area (Å²) in [5, 5.41) is 0. The number of rotatable bonds is 1. The Morgan fingerprint density at radius 3 is 2.27 bits per heavy atom. The van der Waals surface area contributed by atoms with Crippen molar-refractivity contribution in [3.63, 3.8) is 0 Å². The molecule has 3 heteroatoms. The van der Waals surface area contributed by atoms with E-state index < -0.39 is 0 Å². The molecule has 11 heavy (non-hydrogen) atoms. The van der Waals surface area contributed by atoms with Gasteiger partial charge in [0.25, 0.3) is 0 Å². The second-order valence-electron chi connectivity index (χ2n) is 1.91. The van der Waals surface area contributed by atoms with Crippen molar-refractivity contribution in [2.24, 2.45) is 0 Å². The second-order valence-corrected chi connectivity index (χ2v) is 1.91. The van der Waals surface area contributed by atoms with Crippen LogP contribution in [-0.4, -0.2) is 5.97 Å². The Labute approximate surface area is 64.2 Å². The van der Waals surface area contributed by atoms with Gasteiger partial charge in [-0.05, 0) is 12.1 Å². The Morgan fingerprint density at radius 2 is 1.82 bits per heavy atom. The van der Waals surface area contributed by atoms with E-state index in [1.807, 2.05) is 18.2 Å². The molecule has 0 aliphatic carbocycles. The highest BCUT2D eigenvalue weighted by Gasteiger charge is 1.92. The minimum atomic E-state index is -0.286. The molecule has 1 aromatic rings. The molecule has 0 saturated heterocycles. The Bertz CT molecular complexity index is 221. The van der Waals surface area contributed by atoms with Crippen LogP contribution in [0.2, 0.25) is 0 Å². The number of esters is 1. The maximum atomic E-state index is 10.4. The van der Waals surface area contributed by atoms with Gasteiger partial charge in [0.15, 0.2) is 0 Å². The van der Waals surface area contributed by atoms with Gasteiger partial charge < -0.3 is 4.74 Å². The van der Waals surface area contributed by atoms with Crippen molar-refractivity contribution in [3.05, 3.63) is 30.3 Å². The topological polar surface area (TPSA) is 26.3 Å². The van der Waals surface area contributed by atoms with E-state index in [1.54, 1.807) is 12.1 Å². The highest BCUT2D eigenvalue weighted by Crippen LogP contribution is 2.07. The summed E-state index contributed by atoms with van der Waals surface area (Å²) in [6.45, 7) is 1.38. The molecule has 0 amide bonds. The van der Waals surface area contributed by atoms with Crippen LogP contribution in [0.1, 0.15) is 6.92 Å². The number of halogens is 1. The van der Waals surface area contributed by atoms with Gasteiger partial charge in [-0.15, -0.1) is 0 Å². The number of carbonyl (C=O) groups is 1. The van der Waals surface area contributed by atoms with Crippen LogP contribution in [-0.2, 0) is 4.79 Å². The average Bonchev–Trinajstić information content (AvgIpc) is 1.88. The van der Waals surface area contributed by atoms with Gasteiger partial charge in [0.05, 0.1) is 0 Å². The van der Waals surface area contributed by atoms with Gasteiger partial charge in [-0.3, -0.25) is 9.50 Å². The van der Waals surface area contributed by atoms with Gasteiger partial charge in [-0.1, -0.05) is 18.2 Å². The predicted octanol–water partition coefficient (Wildman–Crippen LogP) is 1.76. The van der Waals surface area contributed by atoms with E-state index in [2.05, 4.69) is 0 Å². The lowest BCUT2D eigenvalue weighted by atomic mass is 10.3.